The smallest absolute Gasteiger partial charge is 0.224 e. The number of hydrogen-bond donors (Lipinski definition) is 3. The maximum absolute atomic E-state index is 12.6. The molecule has 7 rings (SSSR count). The fraction of sp³-hybridized carbons (Fsp3) is 0.0938. The fourth-order valence-corrected chi connectivity index (χ4v) is 5.12. The quantitative estimate of drug-likeness (QED) is 0.273. The minimum Gasteiger partial charge on any atom is -0.348 e. The van der Waals surface area contributed by atoms with Gasteiger partial charge in [-0.3, -0.25) is 19.9 Å². The van der Waals surface area contributed by atoms with Gasteiger partial charge in [0.05, 0.1) is 41.3 Å². The van der Waals surface area contributed by atoms with E-state index < -0.39 is 0 Å². The standard InChI is InChI=1S/C32H25N7O/c40-29(15-20-7-2-1-3-8-20)35-23-16-22(18-33-19-23)21-12-13-27-25(17-21)31(39-38-27)32-36-28-11-6-9-24(30(28)37-32)26-10-4-5-14-34-26/h1-14,16-18,23H,15,19H2,(H,35,40)(H,36,37)(H,38,39). The van der Waals surface area contributed by atoms with E-state index in [4.69, 9.17) is 4.98 Å². The molecule has 1 unspecified atom stereocenters. The molecule has 0 saturated carbocycles. The Hall–Kier alpha value is -5.37. The molecule has 6 aromatic rings. The predicted octanol–water partition coefficient (Wildman–Crippen LogP) is 5.36. The van der Waals surface area contributed by atoms with Gasteiger partial charge in [-0.15, -0.1) is 0 Å². The van der Waals surface area contributed by atoms with Crippen LogP contribution in [0.15, 0.2) is 102 Å². The Labute approximate surface area is 229 Å². The summed E-state index contributed by atoms with van der Waals surface area (Å²) in [6.07, 6.45) is 6.05. The highest BCUT2D eigenvalue weighted by Gasteiger charge is 2.18. The molecule has 4 heterocycles. The molecule has 1 amide bonds. The summed E-state index contributed by atoms with van der Waals surface area (Å²) in [6.45, 7) is 0.515. The minimum atomic E-state index is -0.170. The largest absolute Gasteiger partial charge is 0.348 e. The fourth-order valence-electron chi connectivity index (χ4n) is 5.12. The number of hydrogen-bond acceptors (Lipinski definition) is 5. The highest BCUT2D eigenvalue weighted by Crippen LogP contribution is 2.32. The lowest BCUT2D eigenvalue weighted by atomic mass is 10.00. The van der Waals surface area contributed by atoms with Gasteiger partial charge >= 0.3 is 0 Å². The van der Waals surface area contributed by atoms with E-state index in [2.05, 4.69) is 42.6 Å². The normalized spacial score (nSPS) is 14.9. The highest BCUT2D eigenvalue weighted by atomic mass is 16.1. The Bertz CT molecular complexity index is 1900. The summed E-state index contributed by atoms with van der Waals surface area (Å²) in [5, 5.41) is 11.8. The van der Waals surface area contributed by atoms with E-state index in [1.807, 2.05) is 85.1 Å². The van der Waals surface area contributed by atoms with Crippen LogP contribution in [0.2, 0.25) is 0 Å². The number of carbonyl (C=O) groups excluding carboxylic acids is 1. The number of dihydropyridines is 1. The minimum absolute atomic E-state index is 0.0218. The molecular weight excluding hydrogens is 498 g/mol. The van der Waals surface area contributed by atoms with Crippen LogP contribution < -0.4 is 5.32 Å². The number of rotatable bonds is 6. The van der Waals surface area contributed by atoms with Gasteiger partial charge in [-0.25, -0.2) is 4.98 Å². The SMILES string of the molecule is O=C(Cc1ccccc1)NC1C=C(c2ccc3[nH]nc(-c4nc5c(-c6ccccn6)cccc5[nH]4)c3c2)C=NC1. The van der Waals surface area contributed by atoms with Crippen LogP contribution in [0, 0.1) is 0 Å². The predicted molar refractivity (Wildman–Crippen MR) is 158 cm³/mol. The zero-order valence-electron chi connectivity index (χ0n) is 21.5. The summed E-state index contributed by atoms with van der Waals surface area (Å²) in [4.78, 5) is 30.1. The molecule has 1 atom stereocenters. The number of nitrogens with one attached hydrogen (secondary N) is 3. The Morgan fingerprint density at radius 2 is 1.85 bits per heavy atom. The molecule has 0 fully saturated rings. The third-order valence-electron chi connectivity index (χ3n) is 7.04. The maximum atomic E-state index is 12.6. The van der Waals surface area contributed by atoms with Gasteiger partial charge in [-0.05, 0) is 47.0 Å². The first kappa shape index (κ1) is 23.7. The van der Waals surface area contributed by atoms with Gasteiger partial charge in [0, 0.05) is 23.4 Å². The Morgan fingerprint density at radius 1 is 0.950 bits per heavy atom. The molecule has 3 N–H and O–H groups in total. The monoisotopic (exact) mass is 523 g/mol. The van der Waals surface area contributed by atoms with Crippen molar-refractivity contribution in [3.8, 4) is 22.8 Å². The number of carbonyl (C=O) groups is 1. The van der Waals surface area contributed by atoms with Gasteiger partial charge < -0.3 is 10.3 Å². The van der Waals surface area contributed by atoms with E-state index >= 15 is 0 Å². The van der Waals surface area contributed by atoms with Crippen molar-refractivity contribution in [2.45, 2.75) is 12.5 Å². The van der Waals surface area contributed by atoms with E-state index in [0.717, 1.165) is 55.6 Å². The number of allylic oxidation sites excluding steroid dienone is 1. The van der Waals surface area contributed by atoms with Crippen LogP contribution in [-0.4, -0.2) is 49.9 Å². The summed E-state index contributed by atoms with van der Waals surface area (Å²) < 4.78 is 0. The lowest BCUT2D eigenvalue weighted by Crippen LogP contribution is -2.37. The van der Waals surface area contributed by atoms with Gasteiger partial charge in [-0.2, -0.15) is 5.10 Å². The Balaban J connectivity index is 1.19. The summed E-state index contributed by atoms with van der Waals surface area (Å²) in [5.41, 5.74) is 8.17. The number of H-pyrrole nitrogens is 2. The molecule has 0 aliphatic carbocycles. The molecule has 0 radical (unpaired) electrons. The number of aromatic amines is 2. The average molecular weight is 524 g/mol. The van der Waals surface area contributed by atoms with Gasteiger partial charge in [0.15, 0.2) is 5.82 Å². The van der Waals surface area contributed by atoms with Crippen molar-refractivity contribution in [1.29, 1.82) is 0 Å². The van der Waals surface area contributed by atoms with Crippen molar-refractivity contribution in [2.24, 2.45) is 4.99 Å². The van der Waals surface area contributed by atoms with E-state index in [-0.39, 0.29) is 11.9 Å². The number of para-hydroxylation sites is 1. The van der Waals surface area contributed by atoms with E-state index in [1.54, 1.807) is 6.20 Å². The number of fused-ring (bicyclic) bond motifs is 2. The molecule has 3 aromatic carbocycles. The second-order valence-corrected chi connectivity index (χ2v) is 9.79. The Morgan fingerprint density at radius 3 is 2.73 bits per heavy atom. The molecular formula is C32H25N7O. The van der Waals surface area contributed by atoms with Crippen LogP contribution in [0.5, 0.6) is 0 Å². The lowest BCUT2D eigenvalue weighted by Gasteiger charge is -2.18. The first-order chi connectivity index (χ1) is 19.7. The number of aromatic nitrogens is 5. The molecule has 1 aliphatic heterocycles. The molecule has 0 saturated heterocycles. The second kappa shape index (κ2) is 10.1. The molecule has 1 aliphatic rings. The molecule has 0 bridgehead atoms. The van der Waals surface area contributed by atoms with E-state index in [0.29, 0.717) is 18.8 Å². The maximum Gasteiger partial charge on any atom is 0.224 e. The number of aliphatic imine (C=N–C) groups is 1. The van der Waals surface area contributed by atoms with Crippen molar-refractivity contribution < 1.29 is 4.79 Å². The molecule has 8 heteroatoms. The van der Waals surface area contributed by atoms with E-state index in [1.165, 1.54) is 0 Å². The van der Waals surface area contributed by atoms with Gasteiger partial charge in [-0.1, -0.05) is 60.7 Å². The number of amides is 1. The molecule has 40 heavy (non-hydrogen) atoms. The van der Waals surface area contributed by atoms with Crippen molar-refractivity contribution in [3.63, 3.8) is 0 Å². The van der Waals surface area contributed by atoms with Crippen LogP contribution in [0.25, 0.3) is 50.3 Å². The molecule has 8 nitrogen and oxygen atoms in total. The first-order valence-corrected chi connectivity index (χ1v) is 13.2. The third kappa shape index (κ3) is 4.56. The van der Waals surface area contributed by atoms with Crippen LogP contribution >= 0.6 is 0 Å². The van der Waals surface area contributed by atoms with Gasteiger partial charge in [0.25, 0.3) is 0 Å². The van der Waals surface area contributed by atoms with Gasteiger partial charge in [0.1, 0.15) is 5.69 Å². The summed E-state index contributed by atoms with van der Waals surface area (Å²) in [7, 11) is 0. The number of benzene rings is 3. The van der Waals surface area contributed by atoms with Crippen molar-refractivity contribution in [1.82, 2.24) is 30.5 Å². The number of imidazole rings is 1. The zero-order chi connectivity index (χ0) is 26.9. The van der Waals surface area contributed by atoms with Crippen LogP contribution in [0.3, 0.4) is 0 Å². The molecule has 0 spiro atoms. The van der Waals surface area contributed by atoms with E-state index in [9.17, 15) is 4.79 Å². The lowest BCUT2D eigenvalue weighted by molar-refractivity contribution is -0.120. The topological polar surface area (TPSA) is 112 Å². The molecule has 3 aromatic heterocycles. The number of pyridine rings is 1. The Kier molecular flexibility index (Phi) is 5.97. The summed E-state index contributed by atoms with van der Waals surface area (Å²) in [5.74, 6) is 0.658. The van der Waals surface area contributed by atoms with Gasteiger partial charge in [0.2, 0.25) is 5.91 Å². The second-order valence-electron chi connectivity index (χ2n) is 9.79. The first-order valence-electron chi connectivity index (χ1n) is 13.2. The molecule has 194 valence electrons. The van der Waals surface area contributed by atoms with Crippen molar-refractivity contribution >= 4 is 39.6 Å². The summed E-state index contributed by atoms with van der Waals surface area (Å²) >= 11 is 0. The van der Waals surface area contributed by atoms with Crippen molar-refractivity contribution in [2.75, 3.05) is 6.54 Å². The van der Waals surface area contributed by atoms with Crippen LogP contribution in [0.1, 0.15) is 11.1 Å². The highest BCUT2D eigenvalue weighted by molar-refractivity contribution is 6.12. The average Bonchev–Trinajstić information content (AvgIpc) is 3.62. The zero-order valence-corrected chi connectivity index (χ0v) is 21.5. The summed E-state index contributed by atoms with van der Waals surface area (Å²) in [6, 6.07) is 27.6. The van der Waals surface area contributed by atoms with Crippen LogP contribution in [-0.2, 0) is 11.2 Å². The van der Waals surface area contributed by atoms with Crippen LogP contribution in [0.4, 0.5) is 0 Å². The number of nitrogens with zero attached hydrogens (tertiary/aromatic N) is 4. The van der Waals surface area contributed by atoms with Crippen molar-refractivity contribution in [3.05, 3.63) is 108 Å². The third-order valence-corrected chi connectivity index (χ3v) is 7.04.